The Kier molecular flexibility index (Phi) is 5.78. The van der Waals surface area contributed by atoms with E-state index in [4.69, 9.17) is 9.47 Å². The standard InChI is InChI=1S/C22H23NO5/c1-14-5-4-6-15(2)21(14)23-12-17(11-20(23)25)22(26)28-13-19(24)16-7-9-18(27-3)10-8-16/h4-10,17H,11-13H2,1-3H3/t17-/m1/s1. The van der Waals surface area contributed by atoms with Crippen molar-refractivity contribution in [1.82, 2.24) is 0 Å². The van der Waals surface area contributed by atoms with Crippen LogP contribution in [0.4, 0.5) is 5.69 Å². The lowest BCUT2D eigenvalue weighted by Gasteiger charge is -2.21. The van der Waals surface area contributed by atoms with E-state index in [9.17, 15) is 14.4 Å². The number of para-hydroxylation sites is 1. The number of carbonyl (C=O) groups is 3. The summed E-state index contributed by atoms with van der Waals surface area (Å²) < 4.78 is 10.2. The third-order valence-corrected chi connectivity index (χ3v) is 4.93. The molecule has 1 atom stereocenters. The van der Waals surface area contributed by atoms with Crippen LogP contribution in [0.5, 0.6) is 5.75 Å². The Hall–Kier alpha value is -3.15. The SMILES string of the molecule is COc1ccc(C(=O)COC(=O)[C@@H]2CC(=O)N(c3c(C)cccc3C)C2)cc1. The first-order chi connectivity index (χ1) is 13.4. The second-order valence-corrected chi connectivity index (χ2v) is 6.91. The fourth-order valence-corrected chi connectivity index (χ4v) is 3.43. The maximum Gasteiger partial charge on any atom is 0.311 e. The van der Waals surface area contributed by atoms with E-state index in [1.165, 1.54) is 0 Å². The van der Waals surface area contributed by atoms with E-state index < -0.39 is 11.9 Å². The highest BCUT2D eigenvalue weighted by atomic mass is 16.5. The van der Waals surface area contributed by atoms with Gasteiger partial charge in [0.1, 0.15) is 5.75 Å². The molecule has 2 aromatic rings. The highest BCUT2D eigenvalue weighted by molar-refractivity contribution is 6.01. The molecule has 0 saturated carbocycles. The number of ether oxygens (including phenoxy) is 2. The number of amides is 1. The van der Waals surface area contributed by atoms with Crippen molar-refractivity contribution in [2.75, 3.05) is 25.2 Å². The summed E-state index contributed by atoms with van der Waals surface area (Å²) in [5.74, 6) is -0.864. The number of Topliss-reactive ketones (excluding diaryl/α,β-unsaturated/α-hetero) is 1. The molecular formula is C22H23NO5. The molecule has 146 valence electrons. The molecule has 0 bridgehead atoms. The average molecular weight is 381 g/mol. The molecule has 1 aliphatic heterocycles. The molecular weight excluding hydrogens is 358 g/mol. The second-order valence-electron chi connectivity index (χ2n) is 6.91. The highest BCUT2D eigenvalue weighted by Gasteiger charge is 2.37. The zero-order chi connectivity index (χ0) is 20.3. The van der Waals surface area contributed by atoms with Crippen LogP contribution in [0.2, 0.25) is 0 Å². The molecule has 0 unspecified atom stereocenters. The van der Waals surface area contributed by atoms with Crippen LogP contribution in [0.15, 0.2) is 42.5 Å². The molecule has 6 heteroatoms. The van der Waals surface area contributed by atoms with E-state index in [2.05, 4.69) is 0 Å². The Morgan fingerprint density at radius 2 is 1.71 bits per heavy atom. The molecule has 1 heterocycles. The number of methoxy groups -OCH3 is 1. The van der Waals surface area contributed by atoms with Gasteiger partial charge >= 0.3 is 5.97 Å². The number of esters is 1. The maximum atomic E-state index is 12.5. The largest absolute Gasteiger partial charge is 0.497 e. The summed E-state index contributed by atoms with van der Waals surface area (Å²) in [5.41, 5.74) is 3.25. The summed E-state index contributed by atoms with van der Waals surface area (Å²) in [7, 11) is 1.54. The summed E-state index contributed by atoms with van der Waals surface area (Å²) in [6.07, 6.45) is 0.0866. The molecule has 6 nitrogen and oxygen atoms in total. The van der Waals surface area contributed by atoms with E-state index in [1.54, 1.807) is 36.3 Å². The Bertz CT molecular complexity index is 883. The molecule has 0 N–H and O–H groups in total. The molecule has 1 aliphatic rings. The van der Waals surface area contributed by atoms with Crippen molar-refractivity contribution in [3.05, 3.63) is 59.2 Å². The Labute approximate surface area is 164 Å². The minimum Gasteiger partial charge on any atom is -0.497 e. The first-order valence-electron chi connectivity index (χ1n) is 9.11. The number of carbonyl (C=O) groups excluding carboxylic acids is 3. The molecule has 0 aromatic heterocycles. The van der Waals surface area contributed by atoms with Crippen LogP contribution in [-0.2, 0) is 14.3 Å². The van der Waals surface area contributed by atoms with Gasteiger partial charge < -0.3 is 14.4 Å². The van der Waals surface area contributed by atoms with Gasteiger partial charge in [0.15, 0.2) is 12.4 Å². The topological polar surface area (TPSA) is 72.9 Å². The fraction of sp³-hybridized carbons (Fsp3) is 0.318. The maximum absolute atomic E-state index is 12.5. The Balaban J connectivity index is 1.61. The first-order valence-corrected chi connectivity index (χ1v) is 9.11. The number of hydrogen-bond donors (Lipinski definition) is 0. The van der Waals surface area contributed by atoms with Crippen molar-refractivity contribution >= 4 is 23.3 Å². The van der Waals surface area contributed by atoms with E-state index >= 15 is 0 Å². The molecule has 28 heavy (non-hydrogen) atoms. The molecule has 0 aliphatic carbocycles. The minimum absolute atomic E-state index is 0.0866. The van der Waals surface area contributed by atoms with E-state index in [-0.39, 0.29) is 31.3 Å². The number of aryl methyl sites for hydroxylation is 2. The van der Waals surface area contributed by atoms with Crippen LogP contribution in [0, 0.1) is 19.8 Å². The van der Waals surface area contributed by atoms with Gasteiger partial charge in [0.2, 0.25) is 5.91 Å². The van der Waals surface area contributed by atoms with Crippen LogP contribution in [0.3, 0.4) is 0 Å². The van der Waals surface area contributed by atoms with Crippen molar-refractivity contribution < 1.29 is 23.9 Å². The van der Waals surface area contributed by atoms with Gasteiger partial charge in [-0.3, -0.25) is 14.4 Å². The van der Waals surface area contributed by atoms with Crippen LogP contribution < -0.4 is 9.64 Å². The molecule has 0 spiro atoms. The summed E-state index contributed by atoms with van der Waals surface area (Å²) in [6, 6.07) is 12.4. The number of benzene rings is 2. The highest BCUT2D eigenvalue weighted by Crippen LogP contribution is 2.31. The van der Waals surface area contributed by atoms with Crippen LogP contribution >= 0.6 is 0 Å². The molecule has 3 rings (SSSR count). The van der Waals surface area contributed by atoms with Gasteiger partial charge in [-0.05, 0) is 49.2 Å². The van der Waals surface area contributed by atoms with Crippen LogP contribution in [0.1, 0.15) is 27.9 Å². The van der Waals surface area contributed by atoms with Crippen molar-refractivity contribution in [3.8, 4) is 5.75 Å². The van der Waals surface area contributed by atoms with E-state index in [0.29, 0.717) is 11.3 Å². The fourth-order valence-electron chi connectivity index (χ4n) is 3.43. The van der Waals surface area contributed by atoms with Crippen LogP contribution in [0.25, 0.3) is 0 Å². The molecule has 1 saturated heterocycles. The summed E-state index contributed by atoms with van der Waals surface area (Å²) in [5, 5.41) is 0. The third-order valence-electron chi connectivity index (χ3n) is 4.93. The van der Waals surface area contributed by atoms with Gasteiger partial charge in [-0.1, -0.05) is 18.2 Å². The Morgan fingerprint density at radius 3 is 2.32 bits per heavy atom. The number of anilines is 1. The summed E-state index contributed by atoms with van der Waals surface area (Å²) >= 11 is 0. The lowest BCUT2D eigenvalue weighted by molar-refractivity contribution is -0.147. The normalized spacial score (nSPS) is 16.2. The van der Waals surface area contributed by atoms with E-state index in [1.807, 2.05) is 32.0 Å². The second kappa shape index (κ2) is 8.25. The predicted octanol–water partition coefficient (Wildman–Crippen LogP) is 3.09. The summed E-state index contributed by atoms with van der Waals surface area (Å²) in [6.45, 7) is 3.79. The third kappa shape index (κ3) is 4.06. The molecule has 0 radical (unpaired) electrons. The number of nitrogens with zero attached hydrogens (tertiary/aromatic N) is 1. The first kappa shape index (κ1) is 19.6. The lowest BCUT2D eigenvalue weighted by atomic mass is 10.1. The monoisotopic (exact) mass is 381 g/mol. The lowest BCUT2D eigenvalue weighted by Crippen LogP contribution is -2.28. The average Bonchev–Trinajstić information content (AvgIpc) is 3.07. The number of hydrogen-bond acceptors (Lipinski definition) is 5. The molecule has 2 aromatic carbocycles. The summed E-state index contributed by atoms with van der Waals surface area (Å²) in [4.78, 5) is 38.7. The van der Waals surface area contributed by atoms with Gasteiger partial charge in [-0.15, -0.1) is 0 Å². The smallest absolute Gasteiger partial charge is 0.311 e. The van der Waals surface area contributed by atoms with Gasteiger partial charge in [-0.2, -0.15) is 0 Å². The van der Waals surface area contributed by atoms with Crippen molar-refractivity contribution in [1.29, 1.82) is 0 Å². The van der Waals surface area contributed by atoms with Crippen molar-refractivity contribution in [3.63, 3.8) is 0 Å². The quantitative estimate of drug-likeness (QED) is 0.568. The van der Waals surface area contributed by atoms with Crippen molar-refractivity contribution in [2.24, 2.45) is 5.92 Å². The van der Waals surface area contributed by atoms with Gasteiger partial charge in [0, 0.05) is 24.2 Å². The van der Waals surface area contributed by atoms with Crippen molar-refractivity contribution in [2.45, 2.75) is 20.3 Å². The Morgan fingerprint density at radius 1 is 1.07 bits per heavy atom. The van der Waals surface area contributed by atoms with Gasteiger partial charge in [0.05, 0.1) is 13.0 Å². The zero-order valence-electron chi connectivity index (χ0n) is 16.2. The van der Waals surface area contributed by atoms with E-state index in [0.717, 1.165) is 16.8 Å². The minimum atomic E-state index is -0.574. The van der Waals surface area contributed by atoms with Gasteiger partial charge in [-0.25, -0.2) is 0 Å². The van der Waals surface area contributed by atoms with Gasteiger partial charge in [0.25, 0.3) is 0 Å². The number of ketones is 1. The number of rotatable bonds is 6. The molecule has 1 fully saturated rings. The molecule has 1 amide bonds. The predicted molar refractivity (Wildman–Crippen MR) is 105 cm³/mol. The zero-order valence-corrected chi connectivity index (χ0v) is 16.2. The van der Waals surface area contributed by atoms with Crippen LogP contribution in [-0.4, -0.2) is 37.9 Å².